The number of nitrogens with zero attached hydrogens (tertiary/aromatic N) is 3. The van der Waals surface area contributed by atoms with E-state index in [1.807, 2.05) is 0 Å². The molecule has 1 aliphatic carbocycles. The van der Waals surface area contributed by atoms with Gasteiger partial charge in [-0.25, -0.2) is 15.0 Å². The molecule has 0 saturated heterocycles. The van der Waals surface area contributed by atoms with E-state index in [2.05, 4.69) is 29.1 Å². The van der Waals surface area contributed by atoms with Crippen LogP contribution in [-0.4, -0.2) is 21.5 Å². The molecule has 3 aromatic rings. The summed E-state index contributed by atoms with van der Waals surface area (Å²) >= 11 is 1.76. The Morgan fingerprint density at radius 2 is 1.92 bits per heavy atom. The highest BCUT2D eigenvalue weighted by atomic mass is 32.1. The highest BCUT2D eigenvalue weighted by Gasteiger charge is 2.22. The molecule has 0 aromatic carbocycles. The van der Waals surface area contributed by atoms with Gasteiger partial charge in [0.15, 0.2) is 0 Å². The Kier molecular flexibility index (Phi) is 4.84. The number of hydrogen-bond acceptors (Lipinski definition) is 5. The maximum atomic E-state index is 5.02. The van der Waals surface area contributed by atoms with Crippen LogP contribution in [0.5, 0.6) is 0 Å². The Hall–Kier alpha value is -1.75. The van der Waals surface area contributed by atoms with Crippen molar-refractivity contribution in [1.29, 1.82) is 0 Å². The lowest BCUT2D eigenvalue weighted by atomic mass is 9.88. The molecule has 0 saturated carbocycles. The minimum atomic E-state index is 0.972. The van der Waals surface area contributed by atoms with Crippen molar-refractivity contribution in [3.05, 3.63) is 23.1 Å². The summed E-state index contributed by atoms with van der Waals surface area (Å²) in [5.41, 5.74) is 5.40. The molecule has 5 heteroatoms. The first-order valence-electron chi connectivity index (χ1n) is 9.65. The topological polar surface area (TPSA) is 50.7 Å². The molecule has 4 rings (SSSR count). The molecular weight excluding hydrogens is 328 g/mol. The van der Waals surface area contributed by atoms with Crippen LogP contribution in [0.25, 0.3) is 20.4 Å². The van der Waals surface area contributed by atoms with Crippen LogP contribution in [0.4, 0.5) is 5.82 Å². The van der Waals surface area contributed by atoms with Crippen molar-refractivity contribution in [3.63, 3.8) is 0 Å². The first kappa shape index (κ1) is 16.7. The average molecular weight is 355 g/mol. The first-order chi connectivity index (χ1) is 12.3. The minimum Gasteiger partial charge on any atom is -0.369 e. The summed E-state index contributed by atoms with van der Waals surface area (Å²) < 4.78 is 1.17. The molecule has 0 atom stereocenters. The molecule has 25 heavy (non-hydrogen) atoms. The Morgan fingerprint density at radius 1 is 1.08 bits per heavy atom. The summed E-state index contributed by atoms with van der Waals surface area (Å²) in [6.45, 7) is 5.42. The van der Waals surface area contributed by atoms with Gasteiger partial charge in [0.05, 0.1) is 10.2 Å². The number of unbranched alkanes of at least 4 members (excludes halogenated alkanes) is 2. The number of aryl methyl sites for hydroxylation is 2. The van der Waals surface area contributed by atoms with Crippen molar-refractivity contribution in [2.24, 2.45) is 0 Å². The van der Waals surface area contributed by atoms with Crippen LogP contribution < -0.4 is 5.32 Å². The molecule has 0 spiro atoms. The normalized spacial score (nSPS) is 14.2. The van der Waals surface area contributed by atoms with Gasteiger partial charge in [0, 0.05) is 17.6 Å². The summed E-state index contributed by atoms with van der Waals surface area (Å²) in [7, 11) is 0. The van der Waals surface area contributed by atoms with E-state index in [0.717, 1.165) is 35.6 Å². The Morgan fingerprint density at radius 3 is 2.72 bits per heavy atom. The molecule has 3 aromatic heterocycles. The molecule has 1 N–H and O–H groups in total. The molecule has 4 nitrogen and oxygen atoms in total. The van der Waals surface area contributed by atoms with Gasteiger partial charge in [-0.3, -0.25) is 0 Å². The third kappa shape index (κ3) is 2.99. The van der Waals surface area contributed by atoms with Crippen molar-refractivity contribution in [3.8, 4) is 0 Å². The van der Waals surface area contributed by atoms with Gasteiger partial charge in [0.25, 0.3) is 0 Å². The van der Waals surface area contributed by atoms with E-state index >= 15 is 0 Å². The van der Waals surface area contributed by atoms with E-state index in [9.17, 15) is 0 Å². The maximum Gasteiger partial charge on any atom is 0.147 e. The SMILES string of the molecule is CCCCCNc1ncnc2c1sc1nc(CC)c3c(c12)CCCC3. The predicted octanol–water partition coefficient (Wildman–Crippen LogP) is 5.28. The molecule has 0 fully saturated rings. The quantitative estimate of drug-likeness (QED) is 0.612. The summed E-state index contributed by atoms with van der Waals surface area (Å²) in [6, 6.07) is 0. The summed E-state index contributed by atoms with van der Waals surface area (Å²) in [4.78, 5) is 15.3. The van der Waals surface area contributed by atoms with E-state index in [1.165, 1.54) is 65.4 Å². The largest absolute Gasteiger partial charge is 0.369 e. The number of nitrogens with one attached hydrogen (secondary N) is 1. The number of aromatic nitrogens is 3. The number of thiophene rings is 1. The van der Waals surface area contributed by atoms with E-state index in [1.54, 1.807) is 17.7 Å². The molecular formula is C20H26N4S. The lowest BCUT2D eigenvalue weighted by Gasteiger charge is -2.19. The molecule has 0 bridgehead atoms. The lowest BCUT2D eigenvalue weighted by molar-refractivity contribution is 0.679. The third-order valence-electron chi connectivity index (χ3n) is 5.22. The van der Waals surface area contributed by atoms with Crippen molar-refractivity contribution in [1.82, 2.24) is 15.0 Å². The summed E-state index contributed by atoms with van der Waals surface area (Å²) in [5.74, 6) is 0.978. The zero-order valence-corrected chi connectivity index (χ0v) is 16.0. The van der Waals surface area contributed by atoms with Gasteiger partial charge in [-0.2, -0.15) is 0 Å². The fourth-order valence-electron chi connectivity index (χ4n) is 3.94. The van der Waals surface area contributed by atoms with Crippen molar-refractivity contribution >= 4 is 37.6 Å². The predicted molar refractivity (Wildman–Crippen MR) is 107 cm³/mol. The van der Waals surface area contributed by atoms with Gasteiger partial charge < -0.3 is 5.32 Å². The molecule has 0 radical (unpaired) electrons. The Balaban J connectivity index is 1.84. The van der Waals surface area contributed by atoms with Crippen LogP contribution in [-0.2, 0) is 19.3 Å². The highest BCUT2D eigenvalue weighted by molar-refractivity contribution is 7.26. The van der Waals surface area contributed by atoms with Gasteiger partial charge in [-0.15, -0.1) is 11.3 Å². The second kappa shape index (κ2) is 7.24. The summed E-state index contributed by atoms with van der Waals surface area (Å²) in [6.07, 6.45) is 11.3. The van der Waals surface area contributed by atoms with Crippen LogP contribution in [0.15, 0.2) is 6.33 Å². The molecule has 1 aliphatic rings. The zero-order valence-electron chi connectivity index (χ0n) is 15.2. The van der Waals surface area contributed by atoms with Gasteiger partial charge in [-0.05, 0) is 49.7 Å². The van der Waals surface area contributed by atoms with E-state index in [4.69, 9.17) is 4.98 Å². The standard InChI is InChI=1S/C20H26N4S/c1-3-5-8-11-21-19-18-17(22-12-23-19)16-14-10-7-6-9-13(14)15(4-2)24-20(16)25-18/h12H,3-11H2,1-2H3,(H,21,22,23). The Bertz CT molecular complexity index is 900. The Labute approximate surface area is 153 Å². The number of pyridine rings is 1. The number of hydrogen-bond donors (Lipinski definition) is 1. The van der Waals surface area contributed by atoms with Gasteiger partial charge in [-0.1, -0.05) is 26.7 Å². The van der Waals surface area contributed by atoms with Crippen molar-refractivity contribution < 1.29 is 0 Å². The fourth-order valence-corrected chi connectivity index (χ4v) is 5.08. The number of anilines is 1. The number of rotatable bonds is 6. The molecule has 132 valence electrons. The summed E-state index contributed by atoms with van der Waals surface area (Å²) in [5, 5.41) is 4.82. The van der Waals surface area contributed by atoms with Gasteiger partial charge >= 0.3 is 0 Å². The van der Waals surface area contributed by atoms with Crippen LogP contribution >= 0.6 is 11.3 Å². The van der Waals surface area contributed by atoms with Crippen LogP contribution in [0.3, 0.4) is 0 Å². The third-order valence-corrected chi connectivity index (χ3v) is 6.29. The van der Waals surface area contributed by atoms with Gasteiger partial charge in [0.1, 0.15) is 17.0 Å². The molecule has 0 aliphatic heterocycles. The van der Waals surface area contributed by atoms with Crippen LogP contribution in [0, 0.1) is 0 Å². The molecule has 3 heterocycles. The molecule has 0 unspecified atom stereocenters. The minimum absolute atomic E-state index is 0.972. The van der Waals surface area contributed by atoms with Crippen molar-refractivity contribution in [2.45, 2.75) is 65.2 Å². The van der Waals surface area contributed by atoms with Crippen molar-refractivity contribution in [2.75, 3.05) is 11.9 Å². The van der Waals surface area contributed by atoms with Gasteiger partial charge in [0.2, 0.25) is 0 Å². The maximum absolute atomic E-state index is 5.02. The zero-order chi connectivity index (χ0) is 17.2. The smallest absolute Gasteiger partial charge is 0.147 e. The van der Waals surface area contributed by atoms with E-state index in [0.29, 0.717) is 0 Å². The highest BCUT2D eigenvalue weighted by Crippen LogP contribution is 2.40. The first-order valence-corrected chi connectivity index (χ1v) is 10.5. The monoisotopic (exact) mass is 354 g/mol. The second-order valence-corrected chi connectivity index (χ2v) is 7.89. The van der Waals surface area contributed by atoms with E-state index in [-0.39, 0.29) is 0 Å². The average Bonchev–Trinajstić information content (AvgIpc) is 3.04. The van der Waals surface area contributed by atoms with Crippen LogP contribution in [0.1, 0.15) is 62.8 Å². The lowest BCUT2D eigenvalue weighted by Crippen LogP contribution is -2.08. The molecule has 0 amide bonds. The van der Waals surface area contributed by atoms with Crippen LogP contribution in [0.2, 0.25) is 0 Å². The number of fused-ring (bicyclic) bond motifs is 5. The van der Waals surface area contributed by atoms with E-state index < -0.39 is 0 Å². The fraction of sp³-hybridized carbons (Fsp3) is 0.550. The second-order valence-electron chi connectivity index (χ2n) is 6.89.